The minimum absolute atomic E-state index is 0.211. The molecule has 106 valence electrons. The van der Waals surface area contributed by atoms with Gasteiger partial charge in [0, 0.05) is 6.54 Å². The van der Waals surface area contributed by atoms with E-state index in [2.05, 4.69) is 5.32 Å². The summed E-state index contributed by atoms with van der Waals surface area (Å²) in [6.45, 7) is 1.58. The molecular formula is C11H14Cl2N2O3S. The van der Waals surface area contributed by atoms with Crippen LogP contribution in [0.25, 0.3) is 0 Å². The molecule has 5 nitrogen and oxygen atoms in total. The van der Waals surface area contributed by atoms with Gasteiger partial charge in [0.05, 0.1) is 28.5 Å². The Morgan fingerprint density at radius 1 is 1.32 bits per heavy atom. The lowest BCUT2D eigenvalue weighted by atomic mass is 10.3. The predicted molar refractivity (Wildman–Crippen MR) is 77.2 cm³/mol. The van der Waals surface area contributed by atoms with Gasteiger partial charge in [-0.1, -0.05) is 36.2 Å². The fraction of sp³-hybridized carbons (Fsp3) is 0.364. The zero-order chi connectivity index (χ0) is 14.6. The van der Waals surface area contributed by atoms with Crippen LogP contribution in [0.15, 0.2) is 18.2 Å². The molecule has 0 radical (unpaired) electrons. The molecule has 0 fully saturated rings. The maximum absolute atomic E-state index is 11.8. The van der Waals surface area contributed by atoms with E-state index in [1.54, 1.807) is 25.1 Å². The van der Waals surface area contributed by atoms with Crippen LogP contribution >= 0.6 is 23.2 Å². The second kappa shape index (κ2) is 6.56. The third kappa shape index (κ3) is 4.65. The fourth-order valence-electron chi connectivity index (χ4n) is 1.42. The summed E-state index contributed by atoms with van der Waals surface area (Å²) in [5, 5.41) is 3.10. The van der Waals surface area contributed by atoms with Crippen LogP contribution in [0.1, 0.15) is 6.92 Å². The summed E-state index contributed by atoms with van der Waals surface area (Å²) in [5.74, 6) is -0.498. The lowest BCUT2D eigenvalue weighted by Crippen LogP contribution is -2.37. The number of amides is 1. The van der Waals surface area contributed by atoms with Crippen molar-refractivity contribution in [3.63, 3.8) is 0 Å². The number of nitrogens with one attached hydrogen (secondary N) is 1. The van der Waals surface area contributed by atoms with Crippen LogP contribution in [0.4, 0.5) is 5.69 Å². The molecular weight excluding hydrogens is 311 g/mol. The van der Waals surface area contributed by atoms with E-state index in [0.29, 0.717) is 10.0 Å². The number of benzene rings is 1. The van der Waals surface area contributed by atoms with Crippen LogP contribution in [0.3, 0.4) is 0 Å². The highest BCUT2D eigenvalue weighted by atomic mass is 35.5. The Morgan fingerprint density at radius 2 is 1.84 bits per heavy atom. The molecule has 0 spiro atoms. The number of rotatable bonds is 5. The molecule has 8 heteroatoms. The van der Waals surface area contributed by atoms with E-state index in [1.165, 1.54) is 0 Å². The van der Waals surface area contributed by atoms with E-state index in [-0.39, 0.29) is 18.8 Å². The SMILES string of the molecule is CCN(CC(=O)Nc1c(Cl)cccc1Cl)S(C)(=O)=O. The Hall–Kier alpha value is -0.820. The molecule has 19 heavy (non-hydrogen) atoms. The summed E-state index contributed by atoms with van der Waals surface area (Å²) in [4.78, 5) is 11.8. The first kappa shape index (κ1) is 16.2. The first-order chi connectivity index (χ1) is 8.75. The summed E-state index contributed by atoms with van der Waals surface area (Å²) in [5.41, 5.74) is 0.278. The van der Waals surface area contributed by atoms with Crippen molar-refractivity contribution in [2.24, 2.45) is 0 Å². The molecule has 0 unspecified atom stereocenters. The first-order valence-electron chi connectivity index (χ1n) is 5.44. The third-order valence-electron chi connectivity index (χ3n) is 2.37. The number of hydrogen-bond donors (Lipinski definition) is 1. The van der Waals surface area contributed by atoms with Gasteiger partial charge in [0.25, 0.3) is 0 Å². The van der Waals surface area contributed by atoms with Gasteiger partial charge in [-0.3, -0.25) is 4.79 Å². The van der Waals surface area contributed by atoms with E-state index in [1.807, 2.05) is 0 Å². The van der Waals surface area contributed by atoms with Gasteiger partial charge in [0.1, 0.15) is 0 Å². The van der Waals surface area contributed by atoms with Crippen molar-refractivity contribution in [2.45, 2.75) is 6.92 Å². The van der Waals surface area contributed by atoms with Crippen molar-refractivity contribution in [2.75, 3.05) is 24.7 Å². The van der Waals surface area contributed by atoms with Crippen molar-refractivity contribution in [3.05, 3.63) is 28.2 Å². The molecule has 1 aromatic carbocycles. The van der Waals surface area contributed by atoms with E-state index < -0.39 is 15.9 Å². The summed E-state index contributed by atoms with van der Waals surface area (Å²) >= 11 is 11.8. The van der Waals surface area contributed by atoms with Crippen LogP contribution in [0.2, 0.25) is 10.0 Å². The van der Waals surface area contributed by atoms with E-state index in [4.69, 9.17) is 23.2 Å². The monoisotopic (exact) mass is 324 g/mol. The van der Waals surface area contributed by atoms with Crippen LogP contribution in [-0.4, -0.2) is 38.0 Å². The van der Waals surface area contributed by atoms with Crippen LogP contribution in [-0.2, 0) is 14.8 Å². The lowest BCUT2D eigenvalue weighted by Gasteiger charge is -2.17. The molecule has 0 aliphatic rings. The molecule has 0 atom stereocenters. The van der Waals surface area contributed by atoms with Crippen molar-refractivity contribution in [1.82, 2.24) is 4.31 Å². The summed E-state index contributed by atoms with van der Waals surface area (Å²) < 4.78 is 23.8. The number of halogens is 2. The third-order valence-corrected chi connectivity index (χ3v) is 4.32. The van der Waals surface area contributed by atoms with Crippen LogP contribution < -0.4 is 5.32 Å². The number of carbonyl (C=O) groups excluding carboxylic acids is 1. The Balaban J connectivity index is 2.81. The predicted octanol–water partition coefficient (Wildman–Crippen LogP) is 2.21. The number of anilines is 1. The van der Waals surface area contributed by atoms with Gasteiger partial charge in [-0.25, -0.2) is 8.42 Å². The molecule has 0 bridgehead atoms. The Morgan fingerprint density at radius 3 is 2.26 bits per heavy atom. The maximum Gasteiger partial charge on any atom is 0.239 e. The average molecular weight is 325 g/mol. The maximum atomic E-state index is 11.8. The number of sulfonamides is 1. The molecule has 1 rings (SSSR count). The number of likely N-dealkylation sites (N-methyl/N-ethyl adjacent to an activating group) is 1. The zero-order valence-electron chi connectivity index (χ0n) is 10.5. The standard InChI is InChI=1S/C11H14Cl2N2O3S/c1-3-15(19(2,17)18)7-10(16)14-11-8(12)5-4-6-9(11)13/h4-6H,3,7H2,1-2H3,(H,14,16). The highest BCUT2D eigenvalue weighted by Crippen LogP contribution is 2.29. The molecule has 0 heterocycles. The highest BCUT2D eigenvalue weighted by Gasteiger charge is 2.19. The van der Waals surface area contributed by atoms with Gasteiger partial charge < -0.3 is 5.32 Å². The molecule has 0 saturated carbocycles. The summed E-state index contributed by atoms with van der Waals surface area (Å²) in [6.07, 6.45) is 1.05. The number of nitrogens with zero attached hydrogens (tertiary/aromatic N) is 1. The number of carbonyl (C=O) groups is 1. The second-order valence-electron chi connectivity index (χ2n) is 3.83. The molecule has 1 aromatic rings. The molecule has 0 aliphatic heterocycles. The van der Waals surface area contributed by atoms with Gasteiger partial charge >= 0.3 is 0 Å². The van der Waals surface area contributed by atoms with Crippen molar-refractivity contribution in [3.8, 4) is 0 Å². The van der Waals surface area contributed by atoms with E-state index in [9.17, 15) is 13.2 Å². The summed E-state index contributed by atoms with van der Waals surface area (Å²) in [6, 6.07) is 4.81. The molecule has 0 saturated heterocycles. The Kier molecular flexibility index (Phi) is 5.61. The van der Waals surface area contributed by atoms with Gasteiger partial charge in [0.2, 0.25) is 15.9 Å². The molecule has 1 N–H and O–H groups in total. The topological polar surface area (TPSA) is 66.5 Å². The molecule has 1 amide bonds. The minimum atomic E-state index is -3.42. The van der Waals surface area contributed by atoms with Crippen LogP contribution in [0.5, 0.6) is 0 Å². The smallest absolute Gasteiger partial charge is 0.239 e. The van der Waals surface area contributed by atoms with Crippen molar-refractivity contribution >= 4 is 44.8 Å². The summed E-state index contributed by atoms with van der Waals surface area (Å²) in [7, 11) is -3.42. The second-order valence-corrected chi connectivity index (χ2v) is 6.63. The Bertz CT molecular complexity index is 555. The van der Waals surface area contributed by atoms with E-state index in [0.717, 1.165) is 10.6 Å². The molecule has 0 aromatic heterocycles. The van der Waals surface area contributed by atoms with Gasteiger partial charge in [-0.05, 0) is 12.1 Å². The first-order valence-corrected chi connectivity index (χ1v) is 8.05. The van der Waals surface area contributed by atoms with Crippen molar-refractivity contribution < 1.29 is 13.2 Å². The number of para-hydroxylation sites is 1. The fourth-order valence-corrected chi connectivity index (χ4v) is 2.73. The quantitative estimate of drug-likeness (QED) is 0.903. The number of hydrogen-bond acceptors (Lipinski definition) is 3. The zero-order valence-corrected chi connectivity index (χ0v) is 12.8. The van der Waals surface area contributed by atoms with Gasteiger partial charge in [-0.2, -0.15) is 4.31 Å². The van der Waals surface area contributed by atoms with Crippen molar-refractivity contribution in [1.29, 1.82) is 0 Å². The largest absolute Gasteiger partial charge is 0.322 e. The minimum Gasteiger partial charge on any atom is -0.322 e. The highest BCUT2D eigenvalue weighted by molar-refractivity contribution is 7.88. The lowest BCUT2D eigenvalue weighted by molar-refractivity contribution is -0.116. The van der Waals surface area contributed by atoms with Gasteiger partial charge in [0.15, 0.2) is 0 Å². The normalized spacial score (nSPS) is 11.6. The van der Waals surface area contributed by atoms with E-state index >= 15 is 0 Å². The Labute approximate surface area is 122 Å². The molecule has 0 aliphatic carbocycles. The average Bonchev–Trinajstić information content (AvgIpc) is 2.29. The van der Waals surface area contributed by atoms with Gasteiger partial charge in [-0.15, -0.1) is 0 Å². The van der Waals surface area contributed by atoms with Crippen LogP contribution in [0, 0.1) is 0 Å².